The molecule has 8 nitrogen and oxygen atoms in total. The van der Waals surface area contributed by atoms with Crippen molar-refractivity contribution in [3.8, 4) is 11.5 Å². The number of halogens is 1. The second-order valence-corrected chi connectivity index (χ2v) is 8.21. The maximum atomic E-state index is 12.0. The quantitative estimate of drug-likeness (QED) is 0.267. The van der Waals surface area contributed by atoms with Gasteiger partial charge in [-0.2, -0.15) is 0 Å². The van der Waals surface area contributed by atoms with E-state index in [2.05, 4.69) is 20.9 Å². The minimum Gasteiger partial charge on any atom is -0.493 e. The number of nitrogens with one attached hydrogen (secondary N) is 3. The molecule has 0 atom stereocenters. The molecule has 1 rings (SSSR count). The van der Waals surface area contributed by atoms with Gasteiger partial charge in [0.15, 0.2) is 17.5 Å². The summed E-state index contributed by atoms with van der Waals surface area (Å²) in [6.45, 7) is 12.9. The monoisotopic (exact) mass is 536 g/mol. The van der Waals surface area contributed by atoms with Crippen LogP contribution in [0.25, 0.3) is 0 Å². The highest BCUT2D eigenvalue weighted by Gasteiger charge is 2.24. The molecule has 0 heterocycles. The van der Waals surface area contributed by atoms with Crippen molar-refractivity contribution in [3.63, 3.8) is 0 Å². The number of hydrogen-bond acceptors (Lipinski definition) is 5. The highest BCUT2D eigenvalue weighted by atomic mass is 127. The summed E-state index contributed by atoms with van der Waals surface area (Å²) in [5.74, 6) is 2.03. The molecule has 0 fully saturated rings. The van der Waals surface area contributed by atoms with Gasteiger partial charge in [0, 0.05) is 20.1 Å². The van der Waals surface area contributed by atoms with Crippen molar-refractivity contribution in [2.45, 2.75) is 59.2 Å². The molecular weight excluding hydrogens is 499 g/mol. The van der Waals surface area contributed by atoms with E-state index in [0.29, 0.717) is 37.2 Å². The Balaban J connectivity index is 0.00000841. The van der Waals surface area contributed by atoms with Crippen LogP contribution in [0.4, 0.5) is 4.79 Å². The van der Waals surface area contributed by atoms with E-state index >= 15 is 0 Å². The van der Waals surface area contributed by atoms with Crippen LogP contribution in [-0.4, -0.2) is 50.5 Å². The first-order valence-electron chi connectivity index (χ1n) is 9.75. The van der Waals surface area contributed by atoms with Crippen molar-refractivity contribution in [1.82, 2.24) is 16.0 Å². The minimum atomic E-state index is -0.538. The SMILES string of the molecule is CCOc1cc(CNC(=NC)NCC(C)(C)NC(=O)OC(C)(C)C)ccc1OC.I. The number of benzene rings is 1. The molecule has 0 spiro atoms. The molecule has 0 aliphatic rings. The van der Waals surface area contributed by atoms with Gasteiger partial charge in [-0.15, -0.1) is 24.0 Å². The van der Waals surface area contributed by atoms with Gasteiger partial charge in [-0.05, 0) is 59.2 Å². The van der Waals surface area contributed by atoms with Crippen molar-refractivity contribution in [2.24, 2.45) is 4.99 Å². The molecule has 1 amide bonds. The number of amides is 1. The van der Waals surface area contributed by atoms with Crippen molar-refractivity contribution >= 4 is 36.0 Å². The Bertz CT molecular complexity index is 703. The van der Waals surface area contributed by atoms with E-state index < -0.39 is 17.2 Å². The third-order valence-electron chi connectivity index (χ3n) is 3.75. The smallest absolute Gasteiger partial charge is 0.408 e. The molecule has 0 saturated heterocycles. The summed E-state index contributed by atoms with van der Waals surface area (Å²) in [5, 5.41) is 9.34. The Morgan fingerprint density at radius 2 is 1.77 bits per heavy atom. The average molecular weight is 536 g/mol. The number of methoxy groups -OCH3 is 1. The number of aliphatic imine (C=N–C) groups is 1. The molecule has 1 aromatic rings. The second kappa shape index (κ2) is 12.7. The lowest BCUT2D eigenvalue weighted by atomic mass is 10.1. The summed E-state index contributed by atoms with van der Waals surface area (Å²) in [6.07, 6.45) is -0.450. The third-order valence-corrected chi connectivity index (χ3v) is 3.75. The normalized spacial score (nSPS) is 11.8. The fourth-order valence-corrected chi connectivity index (χ4v) is 2.43. The van der Waals surface area contributed by atoms with Gasteiger partial charge in [0.25, 0.3) is 0 Å². The van der Waals surface area contributed by atoms with Gasteiger partial charge < -0.3 is 30.2 Å². The van der Waals surface area contributed by atoms with Crippen LogP contribution in [0, 0.1) is 0 Å². The molecule has 0 aliphatic heterocycles. The number of hydrogen-bond donors (Lipinski definition) is 3. The van der Waals surface area contributed by atoms with Gasteiger partial charge in [0.2, 0.25) is 0 Å². The van der Waals surface area contributed by atoms with Crippen LogP contribution in [-0.2, 0) is 11.3 Å². The minimum absolute atomic E-state index is 0. The number of alkyl carbamates (subject to hydrolysis) is 1. The number of rotatable bonds is 8. The van der Waals surface area contributed by atoms with Crippen LogP contribution in [0.2, 0.25) is 0 Å². The maximum Gasteiger partial charge on any atom is 0.408 e. The van der Waals surface area contributed by atoms with Gasteiger partial charge >= 0.3 is 6.09 Å². The topological polar surface area (TPSA) is 93.2 Å². The van der Waals surface area contributed by atoms with Gasteiger partial charge in [-0.1, -0.05) is 6.07 Å². The number of nitrogens with zero attached hydrogens (tertiary/aromatic N) is 1. The predicted octanol–water partition coefficient (Wildman–Crippen LogP) is 3.68. The Morgan fingerprint density at radius 1 is 1.10 bits per heavy atom. The summed E-state index contributed by atoms with van der Waals surface area (Å²) in [6, 6.07) is 5.79. The molecule has 1 aromatic carbocycles. The highest BCUT2D eigenvalue weighted by molar-refractivity contribution is 14.0. The van der Waals surface area contributed by atoms with Crippen molar-refractivity contribution < 1.29 is 19.0 Å². The summed E-state index contributed by atoms with van der Waals surface area (Å²) in [7, 11) is 3.32. The molecule has 172 valence electrons. The molecule has 9 heteroatoms. The van der Waals surface area contributed by atoms with E-state index in [1.807, 2.05) is 59.7 Å². The molecule has 0 aromatic heterocycles. The van der Waals surface area contributed by atoms with Gasteiger partial charge in [0.1, 0.15) is 5.60 Å². The zero-order chi connectivity index (χ0) is 22.1. The molecular formula is C21H37IN4O4. The number of ether oxygens (including phenoxy) is 3. The predicted molar refractivity (Wildman–Crippen MR) is 131 cm³/mol. The Hall–Kier alpha value is -1.91. The number of guanidine groups is 1. The summed E-state index contributed by atoms with van der Waals surface area (Å²) in [5.41, 5.74) is -0.0325. The molecule has 0 radical (unpaired) electrons. The van der Waals surface area contributed by atoms with Gasteiger partial charge in [-0.25, -0.2) is 4.79 Å². The van der Waals surface area contributed by atoms with Crippen LogP contribution in [0.5, 0.6) is 11.5 Å². The molecule has 0 saturated carbocycles. The fourth-order valence-electron chi connectivity index (χ4n) is 2.43. The van der Waals surface area contributed by atoms with E-state index in [4.69, 9.17) is 14.2 Å². The average Bonchev–Trinajstić information content (AvgIpc) is 2.60. The van der Waals surface area contributed by atoms with Crippen molar-refractivity contribution in [1.29, 1.82) is 0 Å². The fraction of sp³-hybridized carbons (Fsp3) is 0.619. The van der Waals surface area contributed by atoms with E-state index in [9.17, 15) is 4.79 Å². The van der Waals surface area contributed by atoms with Crippen LogP contribution >= 0.6 is 24.0 Å². The lowest BCUT2D eigenvalue weighted by Gasteiger charge is -2.29. The van der Waals surface area contributed by atoms with Gasteiger partial charge in [-0.3, -0.25) is 4.99 Å². The first-order chi connectivity index (χ1) is 13.5. The second-order valence-electron chi connectivity index (χ2n) is 8.21. The van der Waals surface area contributed by atoms with E-state index in [0.717, 1.165) is 5.56 Å². The Kier molecular flexibility index (Phi) is 11.9. The molecule has 30 heavy (non-hydrogen) atoms. The first-order valence-corrected chi connectivity index (χ1v) is 9.75. The molecule has 0 unspecified atom stereocenters. The summed E-state index contributed by atoms with van der Waals surface area (Å²) < 4.78 is 16.2. The third kappa shape index (κ3) is 10.7. The lowest BCUT2D eigenvalue weighted by Crippen LogP contribution is -2.54. The molecule has 3 N–H and O–H groups in total. The van der Waals surface area contributed by atoms with Crippen LogP contribution in [0.15, 0.2) is 23.2 Å². The van der Waals surface area contributed by atoms with Crippen molar-refractivity contribution in [3.05, 3.63) is 23.8 Å². The van der Waals surface area contributed by atoms with Crippen LogP contribution in [0.1, 0.15) is 47.1 Å². The highest BCUT2D eigenvalue weighted by Crippen LogP contribution is 2.27. The van der Waals surface area contributed by atoms with Crippen molar-refractivity contribution in [2.75, 3.05) is 27.3 Å². The Labute approximate surface area is 197 Å². The van der Waals surface area contributed by atoms with E-state index in [1.54, 1.807) is 14.2 Å². The zero-order valence-corrected chi connectivity index (χ0v) is 21.7. The zero-order valence-electron chi connectivity index (χ0n) is 19.3. The van der Waals surface area contributed by atoms with Crippen LogP contribution < -0.4 is 25.4 Å². The standard InChI is InChI=1S/C21H36N4O4.HI/c1-9-28-17-12-15(10-11-16(17)27-8)13-23-18(22-7)24-14-21(5,6)25-19(26)29-20(2,3)4;/h10-12H,9,13-14H2,1-8H3,(H,25,26)(H2,22,23,24);1H. The Morgan fingerprint density at radius 3 is 2.30 bits per heavy atom. The molecule has 0 bridgehead atoms. The maximum absolute atomic E-state index is 12.0. The lowest BCUT2D eigenvalue weighted by molar-refractivity contribution is 0.0474. The summed E-state index contributed by atoms with van der Waals surface area (Å²) in [4.78, 5) is 16.2. The molecule has 0 aliphatic carbocycles. The van der Waals surface area contributed by atoms with Crippen LogP contribution in [0.3, 0.4) is 0 Å². The number of carbonyl (C=O) groups is 1. The number of carbonyl (C=O) groups excluding carboxylic acids is 1. The first kappa shape index (κ1) is 28.1. The largest absolute Gasteiger partial charge is 0.493 e. The summed E-state index contributed by atoms with van der Waals surface area (Å²) >= 11 is 0. The van der Waals surface area contributed by atoms with Gasteiger partial charge in [0.05, 0.1) is 19.3 Å². The van der Waals surface area contributed by atoms with E-state index in [-0.39, 0.29) is 24.0 Å². The van der Waals surface area contributed by atoms with E-state index in [1.165, 1.54) is 0 Å².